The summed E-state index contributed by atoms with van der Waals surface area (Å²) in [6.45, 7) is 13.3. The summed E-state index contributed by atoms with van der Waals surface area (Å²) in [5, 5.41) is 26.2. The minimum absolute atomic E-state index is 0.0882. The fourth-order valence-corrected chi connectivity index (χ4v) is 11.3. The molecule has 5 atom stereocenters. The second-order valence-corrected chi connectivity index (χ2v) is 20.4. The lowest BCUT2D eigenvalue weighted by Crippen LogP contribution is -2.52. The number of aromatic nitrogens is 4. The van der Waals surface area contributed by atoms with E-state index in [1.165, 1.54) is 0 Å². The zero-order valence-electron chi connectivity index (χ0n) is 40.4. The molecule has 4 fully saturated rings. The molecule has 5 aromatic rings. The van der Waals surface area contributed by atoms with E-state index in [9.17, 15) is 19.5 Å². The minimum atomic E-state index is -1.30. The van der Waals surface area contributed by atoms with Gasteiger partial charge in [-0.25, -0.2) is 14.2 Å². The van der Waals surface area contributed by atoms with Gasteiger partial charge in [-0.2, -0.15) is 0 Å². The number of phenolic OH excluding ortho intramolecular Hbond substituents is 1. The summed E-state index contributed by atoms with van der Waals surface area (Å²) in [4.78, 5) is 56.5. The Morgan fingerprint density at radius 1 is 0.929 bits per heavy atom. The lowest BCUT2D eigenvalue weighted by atomic mass is 9.91. The van der Waals surface area contributed by atoms with Crippen LogP contribution in [0, 0.1) is 18.8 Å². The highest BCUT2D eigenvalue weighted by Crippen LogP contribution is 2.36. The van der Waals surface area contributed by atoms with Crippen molar-refractivity contribution in [3.8, 4) is 27.4 Å². The standard InChI is InChI=1S/C51H64FN11O6S/c1-31(2)46(50(66)63-18-7-9-40(63)49(65)55-32(3)35-11-13-36(14-12-35)47-33(4)54-30-70-47)44-27-45(58-69-44)61-20-15-34(16-21-61)28-59-19-17-43(38(52)29-59)68-51(67)62-24-22-60(23-25-62)41-26-39(56-57-48(41)53)37-8-5-6-10-42(37)64/h5-6,8,10-14,26-27,30-32,34,38,40,43,46,64H,7,9,15-25,28-29H2,1-4H3,(H2,53,57)(H,55,65). The molecule has 70 heavy (non-hydrogen) atoms. The number of ether oxygens (including phenoxy) is 1. The average Bonchev–Trinajstić information content (AvgIpc) is 4.16. The first-order valence-electron chi connectivity index (χ1n) is 24.6. The highest BCUT2D eigenvalue weighted by Gasteiger charge is 2.41. The van der Waals surface area contributed by atoms with E-state index in [-0.39, 0.29) is 41.9 Å². The average molecular weight is 978 g/mol. The second-order valence-electron chi connectivity index (χ2n) is 19.5. The number of phenols is 1. The highest BCUT2D eigenvalue weighted by atomic mass is 32.1. The van der Waals surface area contributed by atoms with Crippen molar-refractivity contribution in [1.82, 2.24) is 40.4 Å². The molecule has 4 N–H and O–H groups in total. The third-order valence-electron chi connectivity index (χ3n) is 14.5. The first-order chi connectivity index (χ1) is 33.8. The van der Waals surface area contributed by atoms with Gasteiger partial charge in [0.1, 0.15) is 30.0 Å². The number of piperazine rings is 1. The summed E-state index contributed by atoms with van der Waals surface area (Å²) in [7, 11) is 0. The van der Waals surface area contributed by atoms with Crippen LogP contribution in [-0.2, 0) is 14.3 Å². The smallest absolute Gasteiger partial charge is 0.410 e. The molecule has 9 rings (SSSR count). The number of halogens is 1. The lowest BCUT2D eigenvalue weighted by Gasteiger charge is -2.40. The number of para-hydroxylation sites is 1. The molecular weight excluding hydrogens is 914 g/mol. The van der Waals surface area contributed by atoms with E-state index in [1.54, 1.807) is 45.4 Å². The molecule has 3 aromatic heterocycles. The molecule has 0 saturated carbocycles. The van der Waals surface area contributed by atoms with Crippen LogP contribution in [-0.4, -0.2) is 142 Å². The molecule has 4 aliphatic heterocycles. The molecule has 2 aromatic carbocycles. The van der Waals surface area contributed by atoms with Gasteiger partial charge >= 0.3 is 6.09 Å². The summed E-state index contributed by atoms with van der Waals surface area (Å²) in [6.07, 6.45) is 0.927. The maximum Gasteiger partial charge on any atom is 0.410 e. The van der Waals surface area contributed by atoms with Gasteiger partial charge in [0.05, 0.1) is 33.5 Å². The summed E-state index contributed by atoms with van der Waals surface area (Å²) < 4.78 is 27.3. The van der Waals surface area contributed by atoms with E-state index in [2.05, 4.69) is 47.6 Å². The number of likely N-dealkylation sites (tertiary alicyclic amines) is 2. The topological polar surface area (TPSA) is 200 Å². The van der Waals surface area contributed by atoms with Crippen molar-refractivity contribution in [1.29, 1.82) is 0 Å². The van der Waals surface area contributed by atoms with Crippen LogP contribution in [0.2, 0.25) is 0 Å². The number of aromatic hydroxyl groups is 1. The number of alkyl halides is 1. The van der Waals surface area contributed by atoms with Crippen molar-refractivity contribution >= 4 is 46.6 Å². The lowest BCUT2D eigenvalue weighted by molar-refractivity contribution is -0.141. The number of aryl methyl sites for hydroxylation is 1. The first kappa shape index (κ1) is 48.7. The molecule has 19 heteroatoms. The van der Waals surface area contributed by atoms with Crippen LogP contribution in [0.15, 0.2) is 70.7 Å². The Labute approximate surface area is 412 Å². The van der Waals surface area contributed by atoms with E-state index >= 15 is 4.39 Å². The maximum absolute atomic E-state index is 15.6. The second kappa shape index (κ2) is 21.3. The van der Waals surface area contributed by atoms with Gasteiger partial charge in [-0.1, -0.05) is 55.4 Å². The number of nitrogens with one attached hydrogen (secondary N) is 1. The quantitative estimate of drug-likeness (QED) is 0.108. The van der Waals surface area contributed by atoms with E-state index in [1.807, 2.05) is 62.4 Å². The normalized spacial score (nSPS) is 21.3. The first-order valence-corrected chi connectivity index (χ1v) is 25.5. The molecule has 0 radical (unpaired) electrons. The number of nitrogen functional groups attached to an aromatic ring is 1. The predicted octanol–water partition coefficient (Wildman–Crippen LogP) is 7.05. The molecule has 372 valence electrons. The minimum Gasteiger partial charge on any atom is -0.507 e. The molecule has 7 heterocycles. The number of piperidine rings is 2. The van der Waals surface area contributed by atoms with Crippen molar-refractivity contribution in [2.45, 2.75) is 90.1 Å². The number of nitrogens with zero attached hydrogens (tertiary/aromatic N) is 9. The number of thiazole rings is 1. The number of hydrogen-bond donors (Lipinski definition) is 3. The van der Waals surface area contributed by atoms with E-state index in [0.29, 0.717) is 86.6 Å². The van der Waals surface area contributed by atoms with Crippen LogP contribution in [0.1, 0.15) is 81.9 Å². The van der Waals surface area contributed by atoms with Crippen LogP contribution in [0.3, 0.4) is 0 Å². The van der Waals surface area contributed by atoms with Crippen LogP contribution < -0.4 is 20.9 Å². The summed E-state index contributed by atoms with van der Waals surface area (Å²) in [6, 6.07) is 17.9. The summed E-state index contributed by atoms with van der Waals surface area (Å²) >= 11 is 1.61. The SMILES string of the molecule is Cc1ncsc1-c1ccc(C(C)NC(=O)C2CCCN2C(=O)C(c2cc(N3CCC(CN4CCC(OC(=O)N5CCN(c6cc(-c7ccccc7O)nnc6N)CC5)C(F)C4)CC3)no2)C(C)C)cc1. The van der Waals surface area contributed by atoms with Crippen molar-refractivity contribution in [2.24, 2.45) is 11.8 Å². The number of nitrogens with two attached hydrogens (primary N) is 1. The molecule has 4 aliphatic rings. The molecule has 17 nitrogen and oxygen atoms in total. The predicted molar refractivity (Wildman–Crippen MR) is 266 cm³/mol. The molecular formula is C51H64FN11O6S. The summed E-state index contributed by atoms with van der Waals surface area (Å²) in [5.41, 5.74) is 12.8. The number of benzene rings is 2. The van der Waals surface area contributed by atoms with Gasteiger partial charge in [0.2, 0.25) is 11.8 Å². The third kappa shape index (κ3) is 10.7. The van der Waals surface area contributed by atoms with Crippen LogP contribution >= 0.6 is 11.3 Å². The van der Waals surface area contributed by atoms with Gasteiger partial charge in [-0.15, -0.1) is 21.5 Å². The monoisotopic (exact) mass is 977 g/mol. The van der Waals surface area contributed by atoms with Crippen LogP contribution in [0.4, 0.5) is 26.5 Å². The molecule has 0 bridgehead atoms. The van der Waals surface area contributed by atoms with E-state index in [0.717, 1.165) is 60.6 Å². The molecule has 5 unspecified atom stereocenters. The Morgan fingerprint density at radius 3 is 2.39 bits per heavy atom. The molecule has 0 aliphatic carbocycles. The van der Waals surface area contributed by atoms with Gasteiger partial charge < -0.3 is 45.0 Å². The molecule has 3 amide bonds. The van der Waals surface area contributed by atoms with Crippen molar-refractivity contribution < 1.29 is 33.1 Å². The van der Waals surface area contributed by atoms with Crippen molar-refractivity contribution in [3.05, 3.63) is 83.2 Å². The zero-order chi connectivity index (χ0) is 49.1. The molecule has 0 spiro atoms. The summed E-state index contributed by atoms with van der Waals surface area (Å²) in [5.74, 6) is 0.946. The van der Waals surface area contributed by atoms with Crippen molar-refractivity contribution in [2.75, 3.05) is 81.0 Å². The third-order valence-corrected chi connectivity index (χ3v) is 15.5. The number of hydrogen-bond acceptors (Lipinski definition) is 15. The fraction of sp³-hybridized carbons (Fsp3) is 0.510. The highest BCUT2D eigenvalue weighted by molar-refractivity contribution is 7.13. The van der Waals surface area contributed by atoms with Gasteiger partial charge in [-0.05, 0) is 80.7 Å². The number of anilines is 3. The number of carbonyl (C=O) groups excluding carboxylic acids is 3. The number of amides is 3. The fourth-order valence-electron chi connectivity index (χ4n) is 10.4. The Balaban J connectivity index is 0.713. The van der Waals surface area contributed by atoms with Gasteiger partial charge in [0, 0.05) is 83.5 Å². The Hall–Kier alpha value is -6.34. The number of rotatable bonds is 13. The zero-order valence-corrected chi connectivity index (χ0v) is 41.2. The molecule has 4 saturated heterocycles. The van der Waals surface area contributed by atoms with Gasteiger partial charge in [0.25, 0.3) is 0 Å². The largest absolute Gasteiger partial charge is 0.507 e. The van der Waals surface area contributed by atoms with Gasteiger partial charge in [-0.3, -0.25) is 14.5 Å². The Morgan fingerprint density at radius 2 is 1.69 bits per heavy atom. The van der Waals surface area contributed by atoms with E-state index < -0.39 is 30.3 Å². The van der Waals surface area contributed by atoms with Crippen LogP contribution in [0.25, 0.3) is 21.7 Å². The Kier molecular flexibility index (Phi) is 14.8. The number of carbonyl (C=O) groups is 3. The van der Waals surface area contributed by atoms with Gasteiger partial charge in [0.15, 0.2) is 17.4 Å². The maximum atomic E-state index is 15.6. The van der Waals surface area contributed by atoms with Crippen LogP contribution in [0.5, 0.6) is 5.75 Å². The van der Waals surface area contributed by atoms with E-state index in [4.69, 9.17) is 15.0 Å². The van der Waals surface area contributed by atoms with Crippen molar-refractivity contribution in [3.63, 3.8) is 0 Å². The Bertz CT molecular complexity index is 2610.